The second kappa shape index (κ2) is 6.80. The topological polar surface area (TPSA) is 35.5 Å². The SMILES string of the molecule is CCCCCOC(=O)C(C)=CC1(CC)COC1. The van der Waals surface area contributed by atoms with Crippen molar-refractivity contribution < 1.29 is 14.3 Å². The molecule has 0 radical (unpaired) electrons. The molecule has 0 saturated carbocycles. The summed E-state index contributed by atoms with van der Waals surface area (Å²) in [5, 5.41) is 0. The molecule has 17 heavy (non-hydrogen) atoms. The highest BCUT2D eigenvalue weighted by Crippen LogP contribution is 2.33. The minimum atomic E-state index is -0.180. The number of ether oxygens (including phenoxy) is 2. The van der Waals surface area contributed by atoms with Crippen LogP contribution in [0.3, 0.4) is 0 Å². The Labute approximate surface area is 104 Å². The Balaban J connectivity index is 2.37. The second-order valence-corrected chi connectivity index (χ2v) is 4.88. The fourth-order valence-corrected chi connectivity index (χ4v) is 1.90. The molecule has 3 nitrogen and oxygen atoms in total. The van der Waals surface area contributed by atoms with Gasteiger partial charge in [-0.25, -0.2) is 4.79 Å². The van der Waals surface area contributed by atoms with Crippen LogP contribution in [0, 0.1) is 5.41 Å². The lowest BCUT2D eigenvalue weighted by atomic mass is 9.81. The largest absolute Gasteiger partial charge is 0.462 e. The van der Waals surface area contributed by atoms with Gasteiger partial charge in [0.05, 0.1) is 19.8 Å². The van der Waals surface area contributed by atoms with Gasteiger partial charge >= 0.3 is 5.97 Å². The number of esters is 1. The van der Waals surface area contributed by atoms with Crippen molar-refractivity contribution in [3.05, 3.63) is 11.6 Å². The molecule has 98 valence electrons. The van der Waals surface area contributed by atoms with E-state index in [2.05, 4.69) is 13.8 Å². The molecule has 0 atom stereocenters. The first-order valence-corrected chi connectivity index (χ1v) is 6.58. The number of carbonyl (C=O) groups excluding carboxylic acids is 1. The Morgan fingerprint density at radius 2 is 2.06 bits per heavy atom. The average Bonchev–Trinajstić information content (AvgIpc) is 2.28. The predicted molar refractivity (Wildman–Crippen MR) is 67.8 cm³/mol. The maximum Gasteiger partial charge on any atom is 0.333 e. The van der Waals surface area contributed by atoms with E-state index in [1.807, 2.05) is 13.0 Å². The smallest absolute Gasteiger partial charge is 0.333 e. The quantitative estimate of drug-likeness (QED) is 0.390. The van der Waals surface area contributed by atoms with Crippen LogP contribution in [-0.4, -0.2) is 25.8 Å². The molecule has 1 rings (SSSR count). The van der Waals surface area contributed by atoms with Gasteiger partial charge < -0.3 is 9.47 Å². The molecule has 3 heteroatoms. The number of hydrogen-bond acceptors (Lipinski definition) is 3. The van der Waals surface area contributed by atoms with Crippen molar-refractivity contribution in [3.8, 4) is 0 Å². The number of hydrogen-bond donors (Lipinski definition) is 0. The van der Waals surface area contributed by atoms with Gasteiger partial charge in [0.25, 0.3) is 0 Å². The average molecular weight is 240 g/mol. The van der Waals surface area contributed by atoms with Gasteiger partial charge in [-0.15, -0.1) is 0 Å². The van der Waals surface area contributed by atoms with Crippen LogP contribution in [0.1, 0.15) is 46.5 Å². The van der Waals surface area contributed by atoms with E-state index in [4.69, 9.17) is 9.47 Å². The molecule has 0 aromatic rings. The molecule has 0 aromatic carbocycles. The van der Waals surface area contributed by atoms with Gasteiger partial charge in [-0.2, -0.15) is 0 Å². The van der Waals surface area contributed by atoms with Crippen LogP contribution >= 0.6 is 0 Å². The Morgan fingerprint density at radius 1 is 1.35 bits per heavy atom. The zero-order valence-corrected chi connectivity index (χ0v) is 11.3. The van der Waals surface area contributed by atoms with Gasteiger partial charge in [0.1, 0.15) is 0 Å². The van der Waals surface area contributed by atoms with Crippen molar-refractivity contribution in [2.75, 3.05) is 19.8 Å². The molecule has 0 unspecified atom stereocenters. The Hall–Kier alpha value is -0.830. The lowest BCUT2D eigenvalue weighted by molar-refractivity contribution is -0.139. The van der Waals surface area contributed by atoms with Crippen molar-refractivity contribution in [2.45, 2.75) is 46.5 Å². The van der Waals surface area contributed by atoms with Crippen LogP contribution in [0.25, 0.3) is 0 Å². The predicted octanol–water partition coefficient (Wildman–Crippen LogP) is 3.09. The van der Waals surface area contributed by atoms with Crippen LogP contribution in [0.4, 0.5) is 0 Å². The third-order valence-electron chi connectivity index (χ3n) is 3.31. The molecular formula is C14H24O3. The van der Waals surface area contributed by atoms with Gasteiger partial charge in [0.2, 0.25) is 0 Å². The third-order valence-corrected chi connectivity index (χ3v) is 3.31. The summed E-state index contributed by atoms with van der Waals surface area (Å²) in [6, 6.07) is 0. The van der Waals surface area contributed by atoms with Crippen molar-refractivity contribution >= 4 is 5.97 Å². The third kappa shape index (κ3) is 4.15. The number of unbranched alkanes of at least 4 members (excludes halogenated alkanes) is 2. The molecular weight excluding hydrogens is 216 g/mol. The molecule has 0 aliphatic carbocycles. The van der Waals surface area contributed by atoms with Gasteiger partial charge in [0, 0.05) is 11.0 Å². The van der Waals surface area contributed by atoms with Crippen molar-refractivity contribution in [3.63, 3.8) is 0 Å². The van der Waals surface area contributed by atoms with Gasteiger partial charge in [-0.3, -0.25) is 0 Å². The zero-order valence-electron chi connectivity index (χ0n) is 11.3. The number of rotatable bonds is 7. The summed E-state index contributed by atoms with van der Waals surface area (Å²) in [4.78, 5) is 11.7. The fourth-order valence-electron chi connectivity index (χ4n) is 1.90. The van der Waals surface area contributed by atoms with E-state index in [-0.39, 0.29) is 11.4 Å². The van der Waals surface area contributed by atoms with Crippen LogP contribution in [0.15, 0.2) is 11.6 Å². The lowest BCUT2D eigenvalue weighted by Gasteiger charge is -2.38. The first kappa shape index (κ1) is 14.2. The molecule has 1 saturated heterocycles. The summed E-state index contributed by atoms with van der Waals surface area (Å²) in [6.45, 7) is 8.08. The van der Waals surface area contributed by atoms with Gasteiger partial charge in [-0.05, 0) is 19.8 Å². The van der Waals surface area contributed by atoms with E-state index < -0.39 is 0 Å². The monoisotopic (exact) mass is 240 g/mol. The fraction of sp³-hybridized carbons (Fsp3) is 0.786. The van der Waals surface area contributed by atoms with Crippen LogP contribution in [-0.2, 0) is 14.3 Å². The zero-order chi connectivity index (χ0) is 12.7. The molecule has 0 amide bonds. The summed E-state index contributed by atoms with van der Waals surface area (Å²) < 4.78 is 10.4. The van der Waals surface area contributed by atoms with Crippen molar-refractivity contribution in [2.24, 2.45) is 5.41 Å². The first-order valence-electron chi connectivity index (χ1n) is 6.58. The first-order chi connectivity index (χ1) is 8.13. The summed E-state index contributed by atoms with van der Waals surface area (Å²) in [7, 11) is 0. The summed E-state index contributed by atoms with van der Waals surface area (Å²) >= 11 is 0. The Morgan fingerprint density at radius 3 is 2.53 bits per heavy atom. The molecule has 1 aliphatic rings. The van der Waals surface area contributed by atoms with E-state index in [1.165, 1.54) is 0 Å². The maximum absolute atomic E-state index is 11.7. The normalized spacial score (nSPS) is 18.6. The maximum atomic E-state index is 11.7. The van der Waals surface area contributed by atoms with E-state index in [9.17, 15) is 4.79 Å². The van der Waals surface area contributed by atoms with E-state index in [0.717, 1.165) is 38.9 Å². The Kier molecular flexibility index (Phi) is 5.69. The lowest BCUT2D eigenvalue weighted by Crippen LogP contribution is -2.40. The molecule has 1 heterocycles. The summed E-state index contributed by atoms with van der Waals surface area (Å²) in [6.07, 6.45) is 6.25. The Bertz CT molecular complexity index is 272. The van der Waals surface area contributed by atoms with E-state index >= 15 is 0 Å². The standard InChI is InChI=1S/C14H24O3/c1-4-6-7-8-17-13(15)12(3)9-14(5-2)10-16-11-14/h9H,4-8,10-11H2,1-3H3. The highest BCUT2D eigenvalue weighted by molar-refractivity contribution is 5.87. The molecule has 0 N–H and O–H groups in total. The minimum absolute atomic E-state index is 0.0759. The minimum Gasteiger partial charge on any atom is -0.462 e. The van der Waals surface area contributed by atoms with Crippen molar-refractivity contribution in [1.29, 1.82) is 0 Å². The van der Waals surface area contributed by atoms with E-state index in [1.54, 1.807) is 0 Å². The van der Waals surface area contributed by atoms with E-state index in [0.29, 0.717) is 12.2 Å². The van der Waals surface area contributed by atoms with Crippen molar-refractivity contribution in [1.82, 2.24) is 0 Å². The molecule has 0 bridgehead atoms. The van der Waals surface area contributed by atoms with Gasteiger partial charge in [0.15, 0.2) is 0 Å². The highest BCUT2D eigenvalue weighted by atomic mass is 16.5. The van der Waals surface area contributed by atoms with Crippen LogP contribution in [0.2, 0.25) is 0 Å². The highest BCUT2D eigenvalue weighted by Gasteiger charge is 2.35. The molecule has 0 aromatic heterocycles. The summed E-state index contributed by atoms with van der Waals surface area (Å²) in [5.74, 6) is -0.180. The molecule has 1 fully saturated rings. The number of carbonyl (C=O) groups is 1. The van der Waals surface area contributed by atoms with Crippen LogP contribution in [0.5, 0.6) is 0 Å². The second-order valence-electron chi connectivity index (χ2n) is 4.88. The van der Waals surface area contributed by atoms with Gasteiger partial charge in [-0.1, -0.05) is 32.8 Å². The van der Waals surface area contributed by atoms with Crippen LogP contribution < -0.4 is 0 Å². The summed E-state index contributed by atoms with van der Waals surface area (Å²) in [5.41, 5.74) is 0.790. The molecule has 1 aliphatic heterocycles. The molecule has 0 spiro atoms.